The minimum atomic E-state index is -3.70. The Balaban J connectivity index is 1.57. The minimum Gasteiger partial charge on any atom is -0.373 e. The number of carbonyl (C=O) groups excluding carboxylic acids is 1. The van der Waals surface area contributed by atoms with Crippen molar-refractivity contribution >= 4 is 15.9 Å². The molecule has 2 heterocycles. The van der Waals surface area contributed by atoms with Crippen LogP contribution in [-0.4, -0.2) is 53.8 Å². The maximum absolute atomic E-state index is 12.9. The highest BCUT2D eigenvalue weighted by atomic mass is 32.2. The molecule has 1 saturated heterocycles. The molecule has 0 unspecified atom stereocenters. The molecule has 1 amide bonds. The van der Waals surface area contributed by atoms with Gasteiger partial charge in [-0.05, 0) is 37.0 Å². The number of pyridine rings is 1. The first-order chi connectivity index (χ1) is 14.4. The van der Waals surface area contributed by atoms with E-state index in [1.54, 1.807) is 17.6 Å². The summed E-state index contributed by atoms with van der Waals surface area (Å²) in [6, 6.07) is 11.3. The standard InChI is InChI=1S/C21H27N3O5S/c1-16-4-2-5-17(12-16)14-29-19-7-10-24(11-8-19)30(27,28)15-20(21(25)23-26)18-6-3-9-22-13-18/h2-6,9,12-13,19-20,26H,7-8,10-11,14-15H2,1H3,(H,23,25)/t20-/m1/s1. The molecule has 0 radical (unpaired) electrons. The smallest absolute Gasteiger partial charge is 0.252 e. The summed E-state index contributed by atoms with van der Waals surface area (Å²) in [6.45, 7) is 3.20. The molecule has 2 N–H and O–H groups in total. The Labute approximate surface area is 176 Å². The van der Waals surface area contributed by atoms with Crippen LogP contribution in [0.2, 0.25) is 0 Å². The molecule has 0 bridgehead atoms. The van der Waals surface area contributed by atoms with Crippen LogP contribution < -0.4 is 5.48 Å². The van der Waals surface area contributed by atoms with Crippen molar-refractivity contribution in [3.63, 3.8) is 0 Å². The van der Waals surface area contributed by atoms with Gasteiger partial charge in [0.25, 0.3) is 5.91 Å². The van der Waals surface area contributed by atoms with Gasteiger partial charge < -0.3 is 4.74 Å². The van der Waals surface area contributed by atoms with Gasteiger partial charge >= 0.3 is 0 Å². The normalized spacial score (nSPS) is 16.9. The van der Waals surface area contributed by atoms with Gasteiger partial charge in [0.1, 0.15) is 0 Å². The first kappa shape index (κ1) is 22.4. The van der Waals surface area contributed by atoms with Gasteiger partial charge in [-0.2, -0.15) is 0 Å². The maximum Gasteiger partial charge on any atom is 0.252 e. The van der Waals surface area contributed by atoms with Gasteiger partial charge in [0.05, 0.1) is 24.4 Å². The van der Waals surface area contributed by atoms with Crippen LogP contribution in [0.5, 0.6) is 0 Å². The number of sulfonamides is 1. The lowest BCUT2D eigenvalue weighted by molar-refractivity contribution is -0.130. The van der Waals surface area contributed by atoms with Crippen molar-refractivity contribution in [2.45, 2.75) is 38.4 Å². The molecule has 1 fully saturated rings. The lowest BCUT2D eigenvalue weighted by Gasteiger charge is -2.32. The second kappa shape index (κ2) is 10.1. The molecule has 3 rings (SSSR count). The van der Waals surface area contributed by atoms with E-state index in [-0.39, 0.29) is 6.10 Å². The molecule has 30 heavy (non-hydrogen) atoms. The summed E-state index contributed by atoms with van der Waals surface area (Å²) < 4.78 is 33.2. The van der Waals surface area contributed by atoms with E-state index in [2.05, 4.69) is 11.1 Å². The average molecular weight is 434 g/mol. The fourth-order valence-corrected chi connectivity index (χ4v) is 5.34. The minimum absolute atomic E-state index is 0.00757. The summed E-state index contributed by atoms with van der Waals surface area (Å²) >= 11 is 0. The Bertz CT molecular complexity index is 944. The molecule has 0 aliphatic carbocycles. The van der Waals surface area contributed by atoms with Crippen LogP contribution in [-0.2, 0) is 26.2 Å². The quantitative estimate of drug-likeness (QED) is 0.487. The van der Waals surface area contributed by atoms with Crippen molar-refractivity contribution in [2.75, 3.05) is 18.8 Å². The predicted molar refractivity (Wildman–Crippen MR) is 111 cm³/mol. The van der Waals surface area contributed by atoms with Gasteiger partial charge in [-0.15, -0.1) is 0 Å². The van der Waals surface area contributed by atoms with Gasteiger partial charge in [0.15, 0.2) is 0 Å². The van der Waals surface area contributed by atoms with Gasteiger partial charge in [-0.25, -0.2) is 18.2 Å². The Morgan fingerprint density at radius 2 is 2.07 bits per heavy atom. The Morgan fingerprint density at radius 3 is 2.70 bits per heavy atom. The molecular weight excluding hydrogens is 406 g/mol. The molecule has 2 aromatic rings. The molecule has 8 nitrogen and oxygen atoms in total. The monoisotopic (exact) mass is 433 g/mol. The van der Waals surface area contributed by atoms with Crippen LogP contribution in [0.15, 0.2) is 48.8 Å². The SMILES string of the molecule is Cc1cccc(COC2CCN(S(=O)(=O)C[C@@H](C(=O)NO)c3cccnc3)CC2)c1. The topological polar surface area (TPSA) is 109 Å². The molecule has 1 aromatic carbocycles. The number of rotatable bonds is 8. The van der Waals surface area contributed by atoms with Crippen molar-refractivity contribution in [1.82, 2.24) is 14.8 Å². The van der Waals surface area contributed by atoms with Gasteiger partial charge in [-0.1, -0.05) is 35.9 Å². The Kier molecular flexibility index (Phi) is 7.54. The first-order valence-corrected chi connectivity index (χ1v) is 11.5. The molecule has 1 aliphatic rings. The van der Waals surface area contributed by atoms with E-state index in [4.69, 9.17) is 9.94 Å². The fraction of sp³-hybridized carbons (Fsp3) is 0.429. The number of hydrogen-bond acceptors (Lipinski definition) is 6. The van der Waals surface area contributed by atoms with E-state index in [9.17, 15) is 13.2 Å². The molecule has 0 saturated carbocycles. The highest BCUT2D eigenvalue weighted by Gasteiger charge is 2.33. The fourth-order valence-electron chi connectivity index (χ4n) is 3.59. The molecule has 1 aromatic heterocycles. The zero-order chi connectivity index (χ0) is 21.6. The first-order valence-electron chi connectivity index (χ1n) is 9.88. The summed E-state index contributed by atoms with van der Waals surface area (Å²) in [5.41, 5.74) is 4.27. The predicted octanol–water partition coefficient (Wildman–Crippen LogP) is 1.99. The number of nitrogens with zero attached hydrogens (tertiary/aromatic N) is 2. The number of piperidine rings is 1. The van der Waals surface area contributed by atoms with E-state index in [0.717, 1.165) is 5.56 Å². The number of benzene rings is 1. The summed E-state index contributed by atoms with van der Waals surface area (Å²) in [5.74, 6) is -2.24. The number of aryl methyl sites for hydroxylation is 1. The van der Waals surface area contributed by atoms with Crippen molar-refractivity contribution in [3.05, 3.63) is 65.5 Å². The maximum atomic E-state index is 12.9. The molecule has 162 valence electrons. The third-order valence-corrected chi connectivity index (χ3v) is 7.16. The second-order valence-electron chi connectivity index (χ2n) is 7.49. The summed E-state index contributed by atoms with van der Waals surface area (Å²) in [7, 11) is -3.70. The van der Waals surface area contributed by atoms with E-state index >= 15 is 0 Å². The molecule has 9 heteroatoms. The van der Waals surface area contributed by atoms with Crippen molar-refractivity contribution in [2.24, 2.45) is 0 Å². The van der Waals surface area contributed by atoms with E-state index < -0.39 is 27.6 Å². The number of carbonyl (C=O) groups is 1. The van der Waals surface area contributed by atoms with E-state index in [1.807, 2.05) is 25.1 Å². The van der Waals surface area contributed by atoms with Crippen LogP contribution in [0.25, 0.3) is 0 Å². The summed E-state index contributed by atoms with van der Waals surface area (Å²) in [5, 5.41) is 9.03. The summed E-state index contributed by atoms with van der Waals surface area (Å²) in [4.78, 5) is 16.0. The third-order valence-electron chi connectivity index (χ3n) is 5.25. The van der Waals surface area contributed by atoms with Gasteiger partial charge in [-0.3, -0.25) is 15.0 Å². The number of hydroxylamine groups is 1. The lowest BCUT2D eigenvalue weighted by Crippen LogP contribution is -2.44. The van der Waals surface area contributed by atoms with Crippen LogP contribution >= 0.6 is 0 Å². The van der Waals surface area contributed by atoms with Gasteiger partial charge in [0, 0.05) is 25.5 Å². The lowest BCUT2D eigenvalue weighted by atomic mass is 10.0. The van der Waals surface area contributed by atoms with Crippen LogP contribution in [0.3, 0.4) is 0 Å². The third kappa shape index (κ3) is 5.85. The number of hydrogen-bond donors (Lipinski definition) is 2. The largest absolute Gasteiger partial charge is 0.373 e. The molecule has 0 spiro atoms. The number of ether oxygens (including phenoxy) is 1. The Hall–Kier alpha value is -2.33. The highest BCUT2D eigenvalue weighted by molar-refractivity contribution is 7.89. The number of aromatic nitrogens is 1. The van der Waals surface area contributed by atoms with Crippen LogP contribution in [0.4, 0.5) is 0 Å². The van der Waals surface area contributed by atoms with Crippen molar-refractivity contribution in [1.29, 1.82) is 0 Å². The van der Waals surface area contributed by atoms with Gasteiger partial charge in [0.2, 0.25) is 10.0 Å². The average Bonchev–Trinajstić information content (AvgIpc) is 2.76. The van der Waals surface area contributed by atoms with Crippen molar-refractivity contribution < 1.29 is 23.2 Å². The molecule has 1 atom stereocenters. The van der Waals surface area contributed by atoms with E-state index in [1.165, 1.54) is 22.3 Å². The number of nitrogens with one attached hydrogen (secondary N) is 1. The van der Waals surface area contributed by atoms with Crippen LogP contribution in [0, 0.1) is 6.92 Å². The van der Waals surface area contributed by atoms with E-state index in [0.29, 0.717) is 38.1 Å². The molecule has 1 aliphatic heterocycles. The van der Waals surface area contributed by atoms with Crippen molar-refractivity contribution in [3.8, 4) is 0 Å². The Morgan fingerprint density at radius 1 is 1.30 bits per heavy atom. The second-order valence-corrected chi connectivity index (χ2v) is 9.51. The summed E-state index contributed by atoms with van der Waals surface area (Å²) in [6.07, 6.45) is 4.14. The van der Waals surface area contributed by atoms with Crippen LogP contribution in [0.1, 0.15) is 35.4 Å². The number of amides is 1. The highest BCUT2D eigenvalue weighted by Crippen LogP contribution is 2.23. The zero-order valence-electron chi connectivity index (χ0n) is 16.9. The molecular formula is C21H27N3O5S. The zero-order valence-corrected chi connectivity index (χ0v) is 17.7.